The van der Waals surface area contributed by atoms with Crippen molar-refractivity contribution < 1.29 is 14.3 Å². The molecule has 3 saturated heterocycles. The Morgan fingerprint density at radius 2 is 1.53 bits per heavy atom. The summed E-state index contributed by atoms with van der Waals surface area (Å²) in [4.78, 5) is 33.3. The fraction of sp³-hybridized carbons (Fsp3) is 0.481. The molecule has 3 aliphatic rings. The van der Waals surface area contributed by atoms with Crippen LogP contribution in [0.15, 0.2) is 54.6 Å². The minimum Gasteiger partial charge on any atom is -0.455 e. The molecular formula is C27H34N4O3. The van der Waals surface area contributed by atoms with Crippen LogP contribution < -0.4 is 9.64 Å². The van der Waals surface area contributed by atoms with Crippen molar-refractivity contribution >= 4 is 17.6 Å². The first-order chi connectivity index (χ1) is 16.7. The van der Waals surface area contributed by atoms with E-state index in [-0.39, 0.29) is 18.0 Å². The number of benzene rings is 2. The highest BCUT2D eigenvalue weighted by Gasteiger charge is 2.45. The van der Waals surface area contributed by atoms with Gasteiger partial charge in [-0.2, -0.15) is 0 Å². The molecule has 0 aliphatic carbocycles. The van der Waals surface area contributed by atoms with Crippen LogP contribution >= 0.6 is 0 Å². The second-order valence-electron chi connectivity index (χ2n) is 9.40. The topological polar surface area (TPSA) is 56.3 Å². The van der Waals surface area contributed by atoms with Crippen molar-refractivity contribution in [2.75, 3.05) is 50.7 Å². The number of hydrogen-bond acceptors (Lipinski definition) is 5. The standard InChI is InChI=1S/C27H34N4O3/c32-26-24-13-6-7-16-30(24)27(33)31(26)17-9-8-15-28-18-20-29(21-19-28)23-12-4-5-14-25(23)34-22-10-2-1-3-11-22/h1-5,10-12,14,24H,6-9,13,15-21H2/t24-/m0/s1. The number of carbonyl (C=O) groups is 2. The smallest absolute Gasteiger partial charge is 0.327 e. The lowest BCUT2D eigenvalue weighted by atomic mass is 10.0. The van der Waals surface area contributed by atoms with E-state index in [0.717, 1.165) is 88.6 Å². The van der Waals surface area contributed by atoms with E-state index in [1.165, 1.54) is 4.90 Å². The van der Waals surface area contributed by atoms with E-state index in [1.54, 1.807) is 4.90 Å². The minimum atomic E-state index is -0.192. The summed E-state index contributed by atoms with van der Waals surface area (Å²) in [6.07, 6.45) is 4.74. The number of nitrogens with zero attached hydrogens (tertiary/aromatic N) is 4. The number of piperazine rings is 1. The van der Waals surface area contributed by atoms with Crippen LogP contribution in [0.3, 0.4) is 0 Å². The van der Waals surface area contributed by atoms with Gasteiger partial charge in [0.2, 0.25) is 0 Å². The van der Waals surface area contributed by atoms with Crippen LogP contribution in [0, 0.1) is 0 Å². The Balaban J connectivity index is 1.07. The van der Waals surface area contributed by atoms with E-state index < -0.39 is 0 Å². The monoisotopic (exact) mass is 462 g/mol. The zero-order chi connectivity index (χ0) is 23.3. The highest BCUT2D eigenvalue weighted by Crippen LogP contribution is 2.32. The van der Waals surface area contributed by atoms with Crippen LogP contribution in [-0.4, -0.2) is 78.5 Å². The van der Waals surface area contributed by atoms with Crippen LogP contribution in [0.5, 0.6) is 11.5 Å². The summed E-state index contributed by atoms with van der Waals surface area (Å²) in [6, 6.07) is 17.9. The van der Waals surface area contributed by atoms with Crippen molar-refractivity contribution in [3.05, 3.63) is 54.6 Å². The molecule has 180 valence electrons. The molecule has 0 saturated carbocycles. The second-order valence-corrected chi connectivity index (χ2v) is 9.40. The third-order valence-corrected chi connectivity index (χ3v) is 7.19. The molecule has 0 radical (unpaired) electrons. The summed E-state index contributed by atoms with van der Waals surface area (Å²) < 4.78 is 6.15. The summed E-state index contributed by atoms with van der Waals surface area (Å²) >= 11 is 0. The molecule has 0 unspecified atom stereocenters. The van der Waals surface area contributed by atoms with Crippen molar-refractivity contribution in [1.29, 1.82) is 0 Å². The van der Waals surface area contributed by atoms with Gasteiger partial charge in [0, 0.05) is 39.3 Å². The van der Waals surface area contributed by atoms with E-state index in [2.05, 4.69) is 21.9 Å². The predicted octanol–water partition coefficient (Wildman–Crippen LogP) is 4.20. The third-order valence-electron chi connectivity index (χ3n) is 7.19. The fourth-order valence-corrected chi connectivity index (χ4v) is 5.29. The van der Waals surface area contributed by atoms with Gasteiger partial charge in [-0.05, 0) is 62.9 Å². The van der Waals surface area contributed by atoms with E-state index in [4.69, 9.17) is 4.74 Å². The molecule has 3 aliphatic heterocycles. The summed E-state index contributed by atoms with van der Waals surface area (Å²) in [5, 5.41) is 0. The maximum absolute atomic E-state index is 12.6. The van der Waals surface area contributed by atoms with E-state index in [9.17, 15) is 9.59 Å². The molecular weight excluding hydrogens is 428 g/mol. The number of fused-ring (bicyclic) bond motifs is 1. The van der Waals surface area contributed by atoms with E-state index >= 15 is 0 Å². The van der Waals surface area contributed by atoms with Crippen LogP contribution in [0.25, 0.3) is 0 Å². The number of rotatable bonds is 8. The first-order valence-electron chi connectivity index (χ1n) is 12.6. The molecule has 2 aromatic carbocycles. The fourth-order valence-electron chi connectivity index (χ4n) is 5.29. The minimum absolute atomic E-state index is 0.0229. The highest BCUT2D eigenvalue weighted by atomic mass is 16.5. The predicted molar refractivity (Wildman–Crippen MR) is 132 cm³/mol. The van der Waals surface area contributed by atoms with Crippen LogP contribution in [0.2, 0.25) is 0 Å². The van der Waals surface area contributed by atoms with Gasteiger partial charge < -0.3 is 14.5 Å². The average molecular weight is 463 g/mol. The lowest BCUT2D eigenvalue weighted by molar-refractivity contribution is -0.128. The highest BCUT2D eigenvalue weighted by molar-refractivity contribution is 6.04. The van der Waals surface area contributed by atoms with Gasteiger partial charge in [0.25, 0.3) is 5.91 Å². The lowest BCUT2D eigenvalue weighted by Gasteiger charge is -2.36. The van der Waals surface area contributed by atoms with Gasteiger partial charge in [0.1, 0.15) is 11.8 Å². The molecule has 3 fully saturated rings. The number of ether oxygens (including phenoxy) is 1. The Morgan fingerprint density at radius 3 is 2.32 bits per heavy atom. The van der Waals surface area contributed by atoms with Crippen LogP contribution in [0.1, 0.15) is 32.1 Å². The number of carbonyl (C=O) groups excluding carboxylic acids is 2. The number of unbranched alkanes of at least 4 members (excludes halogenated alkanes) is 1. The van der Waals surface area contributed by atoms with Gasteiger partial charge in [-0.15, -0.1) is 0 Å². The Labute approximate surface area is 201 Å². The van der Waals surface area contributed by atoms with Crippen LogP contribution in [0.4, 0.5) is 10.5 Å². The number of hydrogen-bond donors (Lipinski definition) is 0. The molecule has 5 rings (SSSR count). The molecule has 1 atom stereocenters. The average Bonchev–Trinajstić information content (AvgIpc) is 3.13. The Hall–Kier alpha value is -3.06. The molecule has 3 amide bonds. The summed E-state index contributed by atoms with van der Waals surface area (Å²) in [6.45, 7) is 6.18. The van der Waals surface area contributed by atoms with Gasteiger partial charge in [0.05, 0.1) is 5.69 Å². The summed E-state index contributed by atoms with van der Waals surface area (Å²) in [5.41, 5.74) is 1.13. The normalized spacial score (nSPS) is 21.2. The molecule has 0 aromatic heterocycles. The molecule has 7 heteroatoms. The lowest BCUT2D eigenvalue weighted by Crippen LogP contribution is -2.46. The van der Waals surface area contributed by atoms with Gasteiger partial charge in [-0.3, -0.25) is 14.6 Å². The molecule has 34 heavy (non-hydrogen) atoms. The first-order valence-corrected chi connectivity index (χ1v) is 12.6. The third kappa shape index (κ3) is 4.89. The molecule has 7 nitrogen and oxygen atoms in total. The number of piperidine rings is 1. The van der Waals surface area contributed by atoms with Crippen molar-refractivity contribution in [2.45, 2.75) is 38.1 Å². The number of urea groups is 1. The van der Waals surface area contributed by atoms with Gasteiger partial charge in [-0.25, -0.2) is 4.79 Å². The molecule has 0 bridgehead atoms. The largest absolute Gasteiger partial charge is 0.455 e. The number of imide groups is 1. The Kier molecular flexibility index (Phi) is 7.00. The number of para-hydroxylation sites is 3. The van der Waals surface area contributed by atoms with E-state index in [1.807, 2.05) is 42.5 Å². The number of amides is 3. The quantitative estimate of drug-likeness (QED) is 0.435. The Morgan fingerprint density at radius 1 is 0.794 bits per heavy atom. The van der Waals surface area contributed by atoms with Gasteiger partial charge >= 0.3 is 6.03 Å². The van der Waals surface area contributed by atoms with Crippen molar-refractivity contribution in [2.24, 2.45) is 0 Å². The summed E-state index contributed by atoms with van der Waals surface area (Å²) in [5.74, 6) is 1.76. The van der Waals surface area contributed by atoms with Gasteiger partial charge in [-0.1, -0.05) is 30.3 Å². The maximum atomic E-state index is 12.6. The number of anilines is 1. The molecule has 2 aromatic rings. The molecule has 3 heterocycles. The molecule has 0 N–H and O–H groups in total. The van der Waals surface area contributed by atoms with Crippen LogP contribution in [-0.2, 0) is 4.79 Å². The maximum Gasteiger partial charge on any atom is 0.327 e. The second kappa shape index (κ2) is 10.5. The Bertz CT molecular complexity index is 966. The van der Waals surface area contributed by atoms with Gasteiger partial charge in [0.15, 0.2) is 5.75 Å². The zero-order valence-electron chi connectivity index (χ0n) is 19.8. The van der Waals surface area contributed by atoms with Crippen molar-refractivity contribution in [3.63, 3.8) is 0 Å². The SMILES string of the molecule is O=C1[C@@H]2CCCCN2C(=O)N1CCCCN1CCN(c2ccccc2Oc2ccccc2)CC1. The van der Waals surface area contributed by atoms with E-state index in [0.29, 0.717) is 6.54 Å². The van der Waals surface area contributed by atoms with Crippen molar-refractivity contribution in [1.82, 2.24) is 14.7 Å². The summed E-state index contributed by atoms with van der Waals surface area (Å²) in [7, 11) is 0. The molecule has 0 spiro atoms. The first kappa shape index (κ1) is 22.7. The van der Waals surface area contributed by atoms with Crippen molar-refractivity contribution in [3.8, 4) is 11.5 Å². The zero-order valence-corrected chi connectivity index (χ0v) is 19.8.